The van der Waals surface area contributed by atoms with Gasteiger partial charge in [-0.2, -0.15) is 0 Å². The van der Waals surface area contributed by atoms with E-state index in [0.717, 1.165) is 37.9 Å². The van der Waals surface area contributed by atoms with Crippen LogP contribution in [0.1, 0.15) is 58.3 Å². The van der Waals surface area contributed by atoms with E-state index in [1.54, 1.807) is 0 Å². The molecule has 2 aliphatic rings. The summed E-state index contributed by atoms with van der Waals surface area (Å²) in [6.07, 6.45) is 10.4. The molecule has 2 heteroatoms. The Morgan fingerprint density at radius 2 is 1.62 bits per heavy atom. The molecule has 0 spiro atoms. The Bertz CT molecular complexity index is 191. The molecule has 0 amide bonds. The van der Waals surface area contributed by atoms with Crippen molar-refractivity contribution >= 4 is 0 Å². The summed E-state index contributed by atoms with van der Waals surface area (Å²) in [6.45, 7) is 4.56. The van der Waals surface area contributed by atoms with E-state index >= 15 is 0 Å². The van der Waals surface area contributed by atoms with Crippen molar-refractivity contribution in [2.75, 3.05) is 13.1 Å². The number of piperidine rings is 1. The van der Waals surface area contributed by atoms with Gasteiger partial charge >= 0.3 is 0 Å². The van der Waals surface area contributed by atoms with Gasteiger partial charge in [-0.1, -0.05) is 19.8 Å². The lowest BCUT2D eigenvalue weighted by atomic mass is 9.82. The van der Waals surface area contributed by atoms with Crippen LogP contribution in [0.3, 0.4) is 0 Å². The fraction of sp³-hybridized carbons (Fsp3) is 1.00. The molecule has 1 saturated heterocycles. The maximum absolute atomic E-state index is 9.51. The zero-order valence-electron chi connectivity index (χ0n) is 10.7. The van der Waals surface area contributed by atoms with Crippen molar-refractivity contribution in [1.82, 2.24) is 4.90 Å². The minimum atomic E-state index is -0.0207. The molecule has 0 unspecified atom stereocenters. The van der Waals surface area contributed by atoms with Gasteiger partial charge in [0.15, 0.2) is 0 Å². The van der Waals surface area contributed by atoms with E-state index in [-0.39, 0.29) is 6.10 Å². The van der Waals surface area contributed by atoms with Crippen LogP contribution in [0.5, 0.6) is 0 Å². The van der Waals surface area contributed by atoms with Crippen LogP contribution < -0.4 is 0 Å². The molecule has 0 bridgehead atoms. The normalized spacial score (nSPS) is 34.1. The van der Waals surface area contributed by atoms with Gasteiger partial charge in [-0.15, -0.1) is 0 Å². The van der Waals surface area contributed by atoms with Crippen molar-refractivity contribution in [1.29, 1.82) is 0 Å². The summed E-state index contributed by atoms with van der Waals surface area (Å²) in [5.41, 5.74) is 0. The van der Waals surface area contributed by atoms with Crippen LogP contribution in [0, 0.1) is 5.92 Å². The zero-order valence-corrected chi connectivity index (χ0v) is 10.7. The number of hydrogen-bond acceptors (Lipinski definition) is 2. The summed E-state index contributed by atoms with van der Waals surface area (Å²) in [4.78, 5) is 2.63. The molecular weight excluding hydrogens is 198 g/mol. The first-order chi connectivity index (χ1) is 7.79. The standard InChI is InChI=1S/C14H27NO/c1-2-3-12-4-6-13(7-5-12)15-10-8-14(16)9-11-15/h12-14,16H,2-11H2,1H3. The average Bonchev–Trinajstić information content (AvgIpc) is 2.32. The van der Waals surface area contributed by atoms with Gasteiger partial charge in [-0.05, 0) is 44.4 Å². The number of likely N-dealkylation sites (tertiary alicyclic amines) is 1. The molecule has 1 saturated carbocycles. The largest absolute Gasteiger partial charge is 0.393 e. The highest BCUT2D eigenvalue weighted by Crippen LogP contribution is 2.31. The third kappa shape index (κ3) is 3.21. The predicted octanol–water partition coefficient (Wildman–Crippen LogP) is 2.80. The Hall–Kier alpha value is -0.0800. The Morgan fingerprint density at radius 1 is 1.00 bits per heavy atom. The van der Waals surface area contributed by atoms with Crippen molar-refractivity contribution in [3.8, 4) is 0 Å². The molecule has 2 fully saturated rings. The molecule has 1 aliphatic heterocycles. The summed E-state index contributed by atoms with van der Waals surface area (Å²) in [7, 11) is 0. The lowest BCUT2D eigenvalue weighted by Gasteiger charge is -2.40. The van der Waals surface area contributed by atoms with Crippen LogP contribution in [0.2, 0.25) is 0 Å². The molecule has 0 aromatic carbocycles. The maximum atomic E-state index is 9.51. The van der Waals surface area contributed by atoms with E-state index in [2.05, 4.69) is 11.8 Å². The van der Waals surface area contributed by atoms with Crippen molar-refractivity contribution < 1.29 is 5.11 Å². The van der Waals surface area contributed by atoms with Crippen molar-refractivity contribution in [3.63, 3.8) is 0 Å². The van der Waals surface area contributed by atoms with Crippen molar-refractivity contribution in [3.05, 3.63) is 0 Å². The number of hydrogen-bond donors (Lipinski definition) is 1. The average molecular weight is 225 g/mol. The van der Waals surface area contributed by atoms with E-state index in [1.165, 1.54) is 38.5 Å². The Kier molecular flexibility index (Phi) is 4.66. The molecule has 16 heavy (non-hydrogen) atoms. The molecule has 2 nitrogen and oxygen atoms in total. The highest BCUT2D eigenvalue weighted by atomic mass is 16.3. The second-order valence-electron chi connectivity index (χ2n) is 5.73. The molecule has 1 aliphatic carbocycles. The topological polar surface area (TPSA) is 23.5 Å². The Morgan fingerprint density at radius 3 is 2.19 bits per heavy atom. The van der Waals surface area contributed by atoms with Crippen molar-refractivity contribution in [2.45, 2.75) is 70.4 Å². The molecule has 0 radical (unpaired) electrons. The van der Waals surface area contributed by atoms with Crippen LogP contribution in [-0.2, 0) is 0 Å². The molecule has 94 valence electrons. The SMILES string of the molecule is CCCC1CCC(N2CCC(O)CC2)CC1. The highest BCUT2D eigenvalue weighted by Gasteiger charge is 2.27. The fourth-order valence-electron chi connectivity index (χ4n) is 3.46. The molecule has 0 aromatic heterocycles. The minimum absolute atomic E-state index is 0.0207. The molecule has 1 N–H and O–H groups in total. The second kappa shape index (κ2) is 6.02. The number of nitrogens with zero attached hydrogens (tertiary/aromatic N) is 1. The summed E-state index contributed by atoms with van der Waals surface area (Å²) < 4.78 is 0. The van der Waals surface area contributed by atoms with Crippen LogP contribution in [-0.4, -0.2) is 35.2 Å². The van der Waals surface area contributed by atoms with E-state index in [4.69, 9.17) is 0 Å². The number of aliphatic hydroxyl groups excluding tert-OH is 1. The van der Waals surface area contributed by atoms with Crippen LogP contribution >= 0.6 is 0 Å². The van der Waals surface area contributed by atoms with Gasteiger partial charge in [-0.25, -0.2) is 0 Å². The van der Waals surface area contributed by atoms with Gasteiger partial charge < -0.3 is 10.0 Å². The van der Waals surface area contributed by atoms with Gasteiger partial charge in [0.05, 0.1) is 6.10 Å². The van der Waals surface area contributed by atoms with Gasteiger partial charge in [0.2, 0.25) is 0 Å². The van der Waals surface area contributed by atoms with Crippen LogP contribution in [0.4, 0.5) is 0 Å². The molecule has 0 aromatic rings. The zero-order chi connectivity index (χ0) is 11.4. The summed E-state index contributed by atoms with van der Waals surface area (Å²) >= 11 is 0. The first-order valence-electron chi connectivity index (χ1n) is 7.21. The van der Waals surface area contributed by atoms with E-state index in [9.17, 15) is 5.11 Å². The second-order valence-corrected chi connectivity index (χ2v) is 5.73. The van der Waals surface area contributed by atoms with Gasteiger partial charge in [0.25, 0.3) is 0 Å². The fourth-order valence-corrected chi connectivity index (χ4v) is 3.46. The summed E-state index contributed by atoms with van der Waals surface area (Å²) in [5.74, 6) is 1.01. The number of aliphatic hydroxyl groups is 1. The Labute approximate surface area is 100 Å². The van der Waals surface area contributed by atoms with Gasteiger partial charge in [-0.3, -0.25) is 0 Å². The Balaban J connectivity index is 1.72. The quantitative estimate of drug-likeness (QED) is 0.798. The molecule has 0 atom stereocenters. The van der Waals surface area contributed by atoms with Crippen LogP contribution in [0.15, 0.2) is 0 Å². The first kappa shape index (κ1) is 12.4. The van der Waals surface area contributed by atoms with Crippen molar-refractivity contribution in [2.24, 2.45) is 5.92 Å². The first-order valence-corrected chi connectivity index (χ1v) is 7.21. The molecule has 2 rings (SSSR count). The monoisotopic (exact) mass is 225 g/mol. The predicted molar refractivity (Wildman–Crippen MR) is 67.5 cm³/mol. The van der Waals surface area contributed by atoms with E-state index < -0.39 is 0 Å². The molecule has 1 heterocycles. The van der Waals surface area contributed by atoms with Gasteiger partial charge in [0, 0.05) is 19.1 Å². The minimum Gasteiger partial charge on any atom is -0.393 e. The lowest BCUT2D eigenvalue weighted by molar-refractivity contribution is 0.0448. The maximum Gasteiger partial charge on any atom is 0.0564 e. The highest BCUT2D eigenvalue weighted by molar-refractivity contribution is 4.82. The molecular formula is C14H27NO. The van der Waals surface area contributed by atoms with E-state index in [0.29, 0.717) is 0 Å². The summed E-state index contributed by atoms with van der Waals surface area (Å²) in [5, 5.41) is 9.51. The van der Waals surface area contributed by atoms with E-state index in [1.807, 2.05) is 0 Å². The number of rotatable bonds is 3. The van der Waals surface area contributed by atoms with Gasteiger partial charge in [0.1, 0.15) is 0 Å². The van der Waals surface area contributed by atoms with Crippen LogP contribution in [0.25, 0.3) is 0 Å². The third-order valence-electron chi connectivity index (χ3n) is 4.53. The lowest BCUT2D eigenvalue weighted by Crippen LogP contribution is -2.44. The third-order valence-corrected chi connectivity index (χ3v) is 4.53. The smallest absolute Gasteiger partial charge is 0.0564 e. The summed E-state index contributed by atoms with van der Waals surface area (Å²) in [6, 6.07) is 0.834.